The average molecular weight is 486 g/mol. The van der Waals surface area contributed by atoms with Crippen LogP contribution in [0.1, 0.15) is 0 Å². The van der Waals surface area contributed by atoms with Crippen molar-refractivity contribution in [3.05, 3.63) is 36.4 Å². The third-order valence-corrected chi connectivity index (χ3v) is 5.60. The number of hydrogen-bond donors (Lipinski definition) is 2. The molecule has 0 aliphatic rings. The lowest BCUT2D eigenvalue weighted by atomic mass is 10.2. The number of hydrogen-bond acceptors (Lipinski definition) is 12. The number of ether oxygens (including phenoxy) is 5. The van der Waals surface area contributed by atoms with Crippen LogP contribution in [0.25, 0.3) is 22.2 Å². The van der Waals surface area contributed by atoms with E-state index in [1.807, 2.05) is 18.2 Å². The average Bonchev–Trinajstić information content (AvgIpc) is 3.48. The van der Waals surface area contributed by atoms with Crippen LogP contribution in [0, 0.1) is 0 Å². The van der Waals surface area contributed by atoms with Crippen molar-refractivity contribution in [2.45, 2.75) is 0 Å². The number of anilines is 3. The molecule has 34 heavy (non-hydrogen) atoms. The van der Waals surface area contributed by atoms with Gasteiger partial charge in [-0.1, -0.05) is 28.6 Å². The molecule has 4 rings (SSSR count). The number of rotatable bonds is 10. The van der Waals surface area contributed by atoms with Gasteiger partial charge in [-0.15, -0.1) is 0 Å². The minimum Gasteiger partial charge on any atom is -0.493 e. The van der Waals surface area contributed by atoms with Gasteiger partial charge in [-0.05, 0) is 12.1 Å². The van der Waals surface area contributed by atoms with E-state index in [4.69, 9.17) is 33.9 Å². The summed E-state index contributed by atoms with van der Waals surface area (Å²) in [5, 5.41) is 7.79. The first-order valence-electron chi connectivity index (χ1n) is 9.95. The van der Waals surface area contributed by atoms with E-state index in [9.17, 15) is 0 Å². The van der Waals surface area contributed by atoms with Gasteiger partial charge in [0.1, 0.15) is 16.4 Å². The van der Waals surface area contributed by atoms with Gasteiger partial charge in [-0.25, -0.2) is 4.98 Å². The Bertz CT molecular complexity index is 1250. The Morgan fingerprint density at radius 1 is 1.00 bits per heavy atom. The maximum atomic E-state index is 6.14. The van der Waals surface area contributed by atoms with E-state index in [1.54, 1.807) is 46.6 Å². The van der Waals surface area contributed by atoms with Gasteiger partial charge in [0.25, 0.3) is 5.89 Å². The SMILES string of the molecule is COCOc1cccc(-c2noc(-c3sc(Nc4cc(OC)c(OC)c(OC)c4)nc3N)n2)c1. The Morgan fingerprint density at radius 2 is 1.76 bits per heavy atom. The first kappa shape index (κ1) is 23.1. The molecular formula is C22H23N5O6S. The molecule has 0 fully saturated rings. The summed E-state index contributed by atoms with van der Waals surface area (Å²) < 4.78 is 32.0. The molecule has 0 amide bonds. The molecule has 0 aliphatic heterocycles. The van der Waals surface area contributed by atoms with E-state index in [0.29, 0.717) is 44.5 Å². The predicted molar refractivity (Wildman–Crippen MR) is 127 cm³/mol. The minimum atomic E-state index is 0.139. The highest BCUT2D eigenvalue weighted by molar-refractivity contribution is 7.19. The molecule has 0 saturated carbocycles. The van der Waals surface area contributed by atoms with E-state index in [2.05, 4.69) is 20.4 Å². The minimum absolute atomic E-state index is 0.139. The number of nitrogens with one attached hydrogen (secondary N) is 1. The van der Waals surface area contributed by atoms with Crippen molar-refractivity contribution in [3.8, 4) is 45.2 Å². The summed E-state index contributed by atoms with van der Waals surface area (Å²) in [5.41, 5.74) is 7.54. The molecule has 2 aromatic heterocycles. The zero-order chi connectivity index (χ0) is 24.1. The summed E-state index contributed by atoms with van der Waals surface area (Å²) >= 11 is 1.27. The molecule has 0 unspecified atom stereocenters. The molecule has 0 radical (unpaired) electrons. The Labute approximate surface area is 199 Å². The van der Waals surface area contributed by atoms with Crippen LogP contribution in [-0.2, 0) is 4.74 Å². The summed E-state index contributed by atoms with van der Waals surface area (Å²) in [5.74, 6) is 3.03. The number of methoxy groups -OCH3 is 4. The standard InChI is InChI=1S/C22H23N5O6S/c1-28-11-32-14-7-5-6-12(8-14)20-26-21(33-27-20)18-19(23)25-22(34-18)24-13-9-15(29-2)17(31-4)16(10-13)30-3/h5-10H,11,23H2,1-4H3,(H,24,25). The fraction of sp³-hybridized carbons (Fsp3) is 0.227. The van der Waals surface area contributed by atoms with E-state index >= 15 is 0 Å². The van der Waals surface area contributed by atoms with Crippen LogP contribution in [-0.4, -0.2) is 50.4 Å². The van der Waals surface area contributed by atoms with Crippen molar-refractivity contribution in [3.63, 3.8) is 0 Å². The Balaban J connectivity index is 1.57. The number of benzene rings is 2. The number of aromatic nitrogens is 3. The monoisotopic (exact) mass is 485 g/mol. The maximum absolute atomic E-state index is 6.14. The van der Waals surface area contributed by atoms with E-state index in [-0.39, 0.29) is 18.5 Å². The fourth-order valence-corrected chi connectivity index (χ4v) is 3.93. The van der Waals surface area contributed by atoms with Crippen LogP contribution < -0.4 is 30.0 Å². The van der Waals surface area contributed by atoms with Gasteiger partial charge < -0.3 is 39.3 Å². The topological polar surface area (TPSA) is 136 Å². The lowest BCUT2D eigenvalue weighted by Gasteiger charge is -2.14. The quantitative estimate of drug-likeness (QED) is 0.313. The molecule has 178 valence electrons. The molecule has 0 atom stereocenters. The van der Waals surface area contributed by atoms with Gasteiger partial charge in [-0.3, -0.25) is 0 Å². The second kappa shape index (κ2) is 10.3. The lowest BCUT2D eigenvalue weighted by Crippen LogP contribution is -1.98. The smallest absolute Gasteiger partial charge is 0.272 e. The van der Waals surface area contributed by atoms with Crippen molar-refractivity contribution >= 4 is 28.0 Å². The summed E-state index contributed by atoms with van der Waals surface area (Å²) in [6.07, 6.45) is 0. The van der Waals surface area contributed by atoms with Gasteiger partial charge in [0.2, 0.25) is 11.6 Å². The molecule has 0 spiro atoms. The van der Waals surface area contributed by atoms with Crippen LogP contribution in [0.5, 0.6) is 23.0 Å². The van der Waals surface area contributed by atoms with Gasteiger partial charge in [-0.2, -0.15) is 4.98 Å². The molecular weight excluding hydrogens is 462 g/mol. The van der Waals surface area contributed by atoms with Gasteiger partial charge >= 0.3 is 0 Å². The summed E-state index contributed by atoms with van der Waals surface area (Å²) in [6, 6.07) is 10.8. The normalized spacial score (nSPS) is 10.7. The Morgan fingerprint density at radius 3 is 2.44 bits per heavy atom. The second-order valence-electron chi connectivity index (χ2n) is 6.77. The largest absolute Gasteiger partial charge is 0.493 e. The van der Waals surface area contributed by atoms with E-state index < -0.39 is 0 Å². The van der Waals surface area contributed by atoms with E-state index in [0.717, 1.165) is 5.56 Å². The van der Waals surface area contributed by atoms with Crippen molar-refractivity contribution in [2.75, 3.05) is 46.3 Å². The molecule has 2 aromatic carbocycles. The highest BCUT2D eigenvalue weighted by Gasteiger charge is 2.20. The highest BCUT2D eigenvalue weighted by atomic mass is 32.1. The van der Waals surface area contributed by atoms with Crippen molar-refractivity contribution in [2.24, 2.45) is 0 Å². The Kier molecular flexibility index (Phi) is 6.99. The first-order valence-corrected chi connectivity index (χ1v) is 10.8. The second-order valence-corrected chi connectivity index (χ2v) is 7.77. The molecule has 3 N–H and O–H groups in total. The molecule has 0 aliphatic carbocycles. The third-order valence-electron chi connectivity index (χ3n) is 4.63. The van der Waals surface area contributed by atoms with Crippen LogP contribution in [0.4, 0.5) is 16.6 Å². The zero-order valence-electron chi connectivity index (χ0n) is 18.9. The van der Waals surface area contributed by atoms with Gasteiger partial charge in [0.15, 0.2) is 23.4 Å². The summed E-state index contributed by atoms with van der Waals surface area (Å²) in [4.78, 5) is 9.39. The molecule has 2 heterocycles. The predicted octanol–water partition coefficient (Wildman–Crippen LogP) is 4.19. The molecule has 0 bridgehead atoms. The van der Waals surface area contributed by atoms with Crippen molar-refractivity contribution in [1.29, 1.82) is 0 Å². The molecule has 12 heteroatoms. The van der Waals surface area contributed by atoms with Crippen LogP contribution in [0.2, 0.25) is 0 Å². The Hall–Kier alpha value is -4.03. The number of thiazole rings is 1. The first-order chi connectivity index (χ1) is 16.6. The van der Waals surface area contributed by atoms with Crippen LogP contribution in [0.3, 0.4) is 0 Å². The molecule has 11 nitrogen and oxygen atoms in total. The number of nitrogen functional groups attached to an aromatic ring is 1. The summed E-state index contributed by atoms with van der Waals surface area (Å²) in [6.45, 7) is 0.139. The van der Waals surface area contributed by atoms with E-state index in [1.165, 1.54) is 11.3 Å². The highest BCUT2D eigenvalue weighted by Crippen LogP contribution is 2.42. The molecule has 4 aromatic rings. The number of nitrogens with two attached hydrogens (primary N) is 1. The summed E-state index contributed by atoms with van der Waals surface area (Å²) in [7, 11) is 6.20. The van der Waals surface area contributed by atoms with Gasteiger partial charge in [0.05, 0.1) is 21.3 Å². The van der Waals surface area contributed by atoms with Crippen LogP contribution in [0.15, 0.2) is 40.9 Å². The van der Waals surface area contributed by atoms with Gasteiger partial charge in [0, 0.05) is 30.5 Å². The van der Waals surface area contributed by atoms with Crippen molar-refractivity contribution < 1.29 is 28.2 Å². The maximum Gasteiger partial charge on any atom is 0.272 e. The van der Waals surface area contributed by atoms with Crippen LogP contribution >= 0.6 is 11.3 Å². The number of nitrogens with zero attached hydrogens (tertiary/aromatic N) is 3. The zero-order valence-corrected chi connectivity index (χ0v) is 19.8. The molecule has 0 saturated heterocycles. The third kappa shape index (κ3) is 4.82. The lowest BCUT2D eigenvalue weighted by molar-refractivity contribution is 0.0511. The fourth-order valence-electron chi connectivity index (χ4n) is 3.10. The van der Waals surface area contributed by atoms with Crippen molar-refractivity contribution in [1.82, 2.24) is 15.1 Å².